The second-order valence-corrected chi connectivity index (χ2v) is 16.3. The smallest absolute Gasteiger partial charge is 0.387 e. The molecule has 2 fully saturated rings. The topological polar surface area (TPSA) is 140 Å². The molecule has 6 aromatic rings. The number of carboxylic acids is 1. The number of aliphatic hydroxyl groups excluding tert-OH is 1. The molecular formula is C47H45ClF4N4O8. The number of carboxylic acid groups (broad SMARTS) is 1. The summed E-state index contributed by atoms with van der Waals surface area (Å²) < 4.78 is 81.0. The first-order chi connectivity index (χ1) is 30.8. The van der Waals surface area contributed by atoms with E-state index < -0.39 is 31.3 Å². The van der Waals surface area contributed by atoms with Crippen LogP contribution in [-0.4, -0.2) is 81.0 Å². The van der Waals surface area contributed by atoms with Crippen molar-refractivity contribution in [1.29, 1.82) is 0 Å². The zero-order valence-electron chi connectivity index (χ0n) is 34.9. The number of oxazole rings is 1. The van der Waals surface area contributed by atoms with E-state index in [1.165, 1.54) is 24.5 Å². The Labute approximate surface area is 370 Å². The molecule has 4 aromatic carbocycles. The van der Waals surface area contributed by atoms with Crippen LogP contribution in [0.15, 0.2) is 83.5 Å². The van der Waals surface area contributed by atoms with Crippen molar-refractivity contribution in [1.82, 2.24) is 19.8 Å². The van der Waals surface area contributed by atoms with Crippen LogP contribution in [0.3, 0.4) is 0 Å². The number of alkyl halides is 4. The van der Waals surface area contributed by atoms with Gasteiger partial charge in [0, 0.05) is 66.8 Å². The van der Waals surface area contributed by atoms with E-state index >= 15 is 0 Å². The Morgan fingerprint density at radius 2 is 1.56 bits per heavy atom. The van der Waals surface area contributed by atoms with Crippen molar-refractivity contribution in [3.63, 3.8) is 0 Å². The van der Waals surface area contributed by atoms with E-state index in [9.17, 15) is 32.6 Å². The van der Waals surface area contributed by atoms with Gasteiger partial charge in [-0.2, -0.15) is 17.6 Å². The van der Waals surface area contributed by atoms with Crippen LogP contribution >= 0.6 is 11.6 Å². The highest BCUT2D eigenvalue weighted by Gasteiger charge is 2.32. The molecule has 336 valence electrons. The van der Waals surface area contributed by atoms with Gasteiger partial charge >= 0.3 is 19.2 Å². The predicted molar refractivity (Wildman–Crippen MR) is 229 cm³/mol. The summed E-state index contributed by atoms with van der Waals surface area (Å²) in [5.74, 6) is -0.0527. The summed E-state index contributed by atoms with van der Waals surface area (Å²) in [6.45, 7) is 0.229. The molecule has 0 radical (unpaired) electrons. The first-order valence-electron chi connectivity index (χ1n) is 20.7. The highest BCUT2D eigenvalue weighted by molar-refractivity contribution is 6.32. The lowest BCUT2D eigenvalue weighted by atomic mass is 9.91. The molecule has 64 heavy (non-hydrogen) atoms. The molecule has 2 aliphatic heterocycles. The molecule has 2 aliphatic rings. The third kappa shape index (κ3) is 10.2. The van der Waals surface area contributed by atoms with E-state index in [4.69, 9.17) is 35.2 Å². The molecule has 0 spiro atoms. The van der Waals surface area contributed by atoms with Crippen LogP contribution in [0.4, 0.5) is 17.6 Å². The molecule has 0 aliphatic carbocycles. The number of ether oxygens (including phenoxy) is 4. The Hall–Kier alpha value is -5.94. The van der Waals surface area contributed by atoms with Crippen molar-refractivity contribution in [2.45, 2.75) is 84.8 Å². The number of hydrogen-bond acceptors (Lipinski definition) is 11. The minimum Gasteiger partial charge on any atom is -0.488 e. The Morgan fingerprint density at radius 3 is 2.31 bits per heavy atom. The predicted octanol–water partition coefficient (Wildman–Crippen LogP) is 9.80. The zero-order valence-corrected chi connectivity index (χ0v) is 35.7. The van der Waals surface area contributed by atoms with Crippen LogP contribution in [0.5, 0.6) is 23.0 Å². The number of hydrogen-bond donors (Lipinski definition) is 2. The fraction of sp³-hybridized carbons (Fsp3) is 0.340. The average Bonchev–Trinajstić information content (AvgIpc) is 4.00. The molecule has 0 bridgehead atoms. The maximum absolute atomic E-state index is 13.6. The number of carbonyl (C=O) groups is 1. The van der Waals surface area contributed by atoms with E-state index in [-0.39, 0.29) is 42.7 Å². The van der Waals surface area contributed by atoms with E-state index in [0.29, 0.717) is 84.2 Å². The van der Waals surface area contributed by atoms with E-state index in [1.807, 2.05) is 50.2 Å². The average molecular weight is 905 g/mol. The van der Waals surface area contributed by atoms with Crippen molar-refractivity contribution in [2.24, 2.45) is 0 Å². The van der Waals surface area contributed by atoms with Gasteiger partial charge < -0.3 is 33.6 Å². The lowest BCUT2D eigenvalue weighted by Crippen LogP contribution is -2.35. The van der Waals surface area contributed by atoms with Gasteiger partial charge in [-0.3, -0.25) is 19.6 Å². The number of benzene rings is 4. The molecule has 2 saturated heterocycles. The Kier molecular flexibility index (Phi) is 13.6. The first kappa shape index (κ1) is 44.7. The normalized spacial score (nSPS) is 16.9. The number of nitrogens with zero attached hydrogens (tertiary/aromatic N) is 4. The number of aromatic nitrogens is 2. The molecule has 0 saturated carbocycles. The number of pyridine rings is 1. The Balaban J connectivity index is 1.04. The number of halogens is 5. The van der Waals surface area contributed by atoms with Crippen molar-refractivity contribution in [3.8, 4) is 45.6 Å². The second kappa shape index (κ2) is 19.4. The summed E-state index contributed by atoms with van der Waals surface area (Å²) in [5, 5.41) is 20.2. The lowest BCUT2D eigenvalue weighted by molar-refractivity contribution is -0.142. The third-order valence-electron chi connectivity index (χ3n) is 11.6. The molecule has 17 heteroatoms. The minimum atomic E-state index is -3.10. The SMILES string of the molecule is Cc1c(COc2cc(OCc3cncc(OC(F)F)c3)c(CN3CC[C@@H](O)C3)cc2Cl)cccc1-c1cccc(-c2nc3cc(CN4CCC[C@H]4C(=O)O)c(OC(F)F)cc3o2)c1C. The highest BCUT2D eigenvalue weighted by atomic mass is 35.5. The molecule has 2 atom stereocenters. The van der Waals surface area contributed by atoms with Gasteiger partial charge in [0.2, 0.25) is 5.89 Å². The van der Waals surface area contributed by atoms with Crippen LogP contribution in [0.1, 0.15) is 52.6 Å². The fourth-order valence-corrected chi connectivity index (χ4v) is 8.66. The van der Waals surface area contributed by atoms with Crippen LogP contribution in [-0.2, 0) is 31.1 Å². The number of rotatable bonds is 17. The van der Waals surface area contributed by atoms with Gasteiger partial charge in [-0.05, 0) is 91.7 Å². The fourth-order valence-electron chi connectivity index (χ4n) is 8.42. The van der Waals surface area contributed by atoms with E-state index in [0.717, 1.165) is 33.4 Å². The molecule has 0 amide bonds. The molecule has 2 N–H and O–H groups in total. The monoisotopic (exact) mass is 904 g/mol. The highest BCUT2D eigenvalue weighted by Crippen LogP contribution is 2.39. The molecule has 8 rings (SSSR count). The van der Waals surface area contributed by atoms with Gasteiger partial charge in [0.15, 0.2) is 5.58 Å². The number of likely N-dealkylation sites (tertiary alicyclic amines) is 2. The Morgan fingerprint density at radius 1 is 0.828 bits per heavy atom. The summed E-state index contributed by atoms with van der Waals surface area (Å²) in [6, 6.07) is 18.8. The van der Waals surface area contributed by atoms with Gasteiger partial charge in [-0.1, -0.05) is 41.9 Å². The van der Waals surface area contributed by atoms with Gasteiger partial charge in [0.1, 0.15) is 47.8 Å². The van der Waals surface area contributed by atoms with Crippen molar-refractivity contribution in [3.05, 3.63) is 118 Å². The van der Waals surface area contributed by atoms with Crippen molar-refractivity contribution in [2.75, 3.05) is 19.6 Å². The number of aliphatic carboxylic acids is 1. The van der Waals surface area contributed by atoms with Gasteiger partial charge in [-0.25, -0.2) is 4.98 Å². The molecular weight excluding hydrogens is 860 g/mol. The van der Waals surface area contributed by atoms with Crippen LogP contribution in [0.2, 0.25) is 5.02 Å². The van der Waals surface area contributed by atoms with Crippen LogP contribution in [0.25, 0.3) is 33.7 Å². The maximum Gasteiger partial charge on any atom is 0.387 e. The summed E-state index contributed by atoms with van der Waals surface area (Å²) in [5.41, 5.74) is 7.49. The standard InChI is InChI=1S/C47H45ClF4N4O8/c1-26-29(25-61-42-17-40(30(15-37(42)48)21-55-13-11-32(57)23-55)60-24-28-14-33(20-53-19-28)62-46(49)50)6-3-7-34(26)35-8-4-9-36(27(35)2)44-54-38-16-31(22-56-12-5-10-39(56)45(58)59)41(64-47(51)52)18-43(38)63-44/h3-4,6-9,14-20,32,39,46-47,57H,5,10-13,21-25H2,1-2H3,(H,58,59)/t32-,39+/m1/s1. The van der Waals surface area contributed by atoms with Gasteiger partial charge in [0.05, 0.1) is 17.3 Å². The summed E-state index contributed by atoms with van der Waals surface area (Å²) in [6.07, 6.45) is 4.06. The number of β-amino-alcohol motifs (C(OH)–C–C–N with tert-alkyl or cyclic N) is 1. The number of aliphatic hydroxyl groups is 1. The summed E-state index contributed by atoms with van der Waals surface area (Å²) >= 11 is 6.83. The third-order valence-corrected chi connectivity index (χ3v) is 11.9. The molecule has 4 heterocycles. The second-order valence-electron chi connectivity index (χ2n) is 15.9. The zero-order chi connectivity index (χ0) is 45.1. The van der Waals surface area contributed by atoms with Crippen molar-refractivity contribution >= 4 is 28.7 Å². The quantitative estimate of drug-likeness (QED) is 0.0843. The minimum absolute atomic E-state index is 0.00380. The van der Waals surface area contributed by atoms with Gasteiger partial charge in [-0.15, -0.1) is 0 Å². The Bertz CT molecular complexity index is 2650. The molecule has 0 unspecified atom stereocenters. The van der Waals surface area contributed by atoms with Crippen LogP contribution < -0.4 is 18.9 Å². The first-order valence-corrected chi connectivity index (χ1v) is 21.1. The molecule has 12 nitrogen and oxygen atoms in total. The lowest BCUT2D eigenvalue weighted by Gasteiger charge is -2.22. The van der Waals surface area contributed by atoms with Crippen LogP contribution in [0, 0.1) is 13.8 Å². The maximum atomic E-state index is 13.6. The van der Waals surface area contributed by atoms with Crippen molar-refractivity contribution < 1.29 is 55.9 Å². The summed E-state index contributed by atoms with van der Waals surface area (Å²) in [7, 11) is 0. The van der Waals surface area contributed by atoms with E-state index in [1.54, 1.807) is 23.1 Å². The largest absolute Gasteiger partial charge is 0.488 e. The van der Waals surface area contributed by atoms with E-state index in [2.05, 4.69) is 14.6 Å². The van der Waals surface area contributed by atoms with Gasteiger partial charge in [0.25, 0.3) is 0 Å². The summed E-state index contributed by atoms with van der Waals surface area (Å²) in [4.78, 5) is 24.4. The number of fused-ring (bicyclic) bond motifs is 1. The molecule has 2 aromatic heterocycles.